The van der Waals surface area contributed by atoms with E-state index in [1.54, 1.807) is 6.08 Å². The van der Waals surface area contributed by atoms with Crippen LogP contribution >= 0.6 is 0 Å². The van der Waals surface area contributed by atoms with Crippen LogP contribution in [0.4, 0.5) is 0 Å². The molecule has 0 radical (unpaired) electrons. The lowest BCUT2D eigenvalue weighted by atomic mass is 9.90. The van der Waals surface area contributed by atoms with E-state index in [0.29, 0.717) is 12.8 Å². The molecule has 0 aliphatic rings. The molecule has 2 aromatic carbocycles. The van der Waals surface area contributed by atoms with E-state index in [0.717, 1.165) is 17.5 Å². The van der Waals surface area contributed by atoms with E-state index >= 15 is 0 Å². The van der Waals surface area contributed by atoms with Crippen molar-refractivity contribution in [3.63, 3.8) is 0 Å². The van der Waals surface area contributed by atoms with Crippen LogP contribution in [0.15, 0.2) is 66.4 Å². The summed E-state index contributed by atoms with van der Waals surface area (Å²) in [5.41, 5.74) is 1.83. The van der Waals surface area contributed by atoms with E-state index < -0.39 is 12.1 Å². The zero-order valence-electron chi connectivity index (χ0n) is 17.6. The molecule has 0 saturated heterocycles. The summed E-state index contributed by atoms with van der Waals surface area (Å²) in [6, 6.07) is 19.3. The van der Waals surface area contributed by atoms with Crippen LogP contribution in [0.1, 0.15) is 51.2 Å². The van der Waals surface area contributed by atoms with Gasteiger partial charge in [-0.3, -0.25) is 0 Å². The standard InChI is InChI=1S/C25H32O4/c1-4-21(22(26)5-2)23(6-3)29-25(27)24(17-19-13-9-7-10-14-19)28-18-20-15-11-8-12-16-20/h7-17,21-23,26H,4-6,18H2,1-3H3/t21?,22-,23+/m0/s1. The zero-order valence-corrected chi connectivity index (χ0v) is 17.6. The number of hydrogen-bond acceptors (Lipinski definition) is 4. The maximum Gasteiger partial charge on any atom is 0.373 e. The Kier molecular flexibility index (Phi) is 9.45. The van der Waals surface area contributed by atoms with Crippen molar-refractivity contribution >= 4 is 12.0 Å². The summed E-state index contributed by atoms with van der Waals surface area (Å²) in [5, 5.41) is 10.3. The second kappa shape index (κ2) is 12.1. The lowest BCUT2D eigenvalue weighted by molar-refractivity contribution is -0.154. The smallest absolute Gasteiger partial charge is 0.373 e. The normalized spacial score (nSPS) is 14.7. The van der Waals surface area contributed by atoms with Gasteiger partial charge in [-0.1, -0.05) is 81.4 Å². The van der Waals surface area contributed by atoms with Crippen molar-refractivity contribution < 1.29 is 19.4 Å². The fourth-order valence-electron chi connectivity index (χ4n) is 3.35. The van der Waals surface area contributed by atoms with Gasteiger partial charge in [0.1, 0.15) is 12.7 Å². The summed E-state index contributed by atoms with van der Waals surface area (Å²) < 4.78 is 11.7. The van der Waals surface area contributed by atoms with Crippen LogP contribution < -0.4 is 0 Å². The molecular formula is C25H32O4. The molecule has 156 valence electrons. The van der Waals surface area contributed by atoms with E-state index in [-0.39, 0.29) is 24.4 Å². The molecule has 3 atom stereocenters. The molecule has 0 heterocycles. The Morgan fingerprint density at radius 2 is 1.55 bits per heavy atom. The first-order valence-corrected chi connectivity index (χ1v) is 10.4. The molecule has 1 N–H and O–H groups in total. The van der Waals surface area contributed by atoms with Gasteiger partial charge in [-0.2, -0.15) is 0 Å². The predicted octanol–water partition coefficient (Wildman–Crippen LogP) is 5.36. The van der Waals surface area contributed by atoms with Gasteiger partial charge < -0.3 is 14.6 Å². The van der Waals surface area contributed by atoms with E-state index in [2.05, 4.69) is 0 Å². The molecule has 2 aromatic rings. The minimum Gasteiger partial charge on any atom is -0.482 e. The molecular weight excluding hydrogens is 364 g/mol. The van der Waals surface area contributed by atoms with Gasteiger partial charge in [0.15, 0.2) is 0 Å². The first-order chi connectivity index (χ1) is 14.1. The Labute approximate surface area is 174 Å². The number of carbonyl (C=O) groups excluding carboxylic acids is 1. The molecule has 0 fully saturated rings. The number of hydrogen-bond donors (Lipinski definition) is 1. The second-order valence-corrected chi connectivity index (χ2v) is 7.09. The molecule has 29 heavy (non-hydrogen) atoms. The van der Waals surface area contributed by atoms with Gasteiger partial charge >= 0.3 is 5.97 Å². The van der Waals surface area contributed by atoms with Crippen LogP contribution in [0.5, 0.6) is 0 Å². The average molecular weight is 397 g/mol. The molecule has 4 nitrogen and oxygen atoms in total. The number of rotatable bonds is 11. The van der Waals surface area contributed by atoms with Crippen LogP contribution in [-0.2, 0) is 20.9 Å². The Hall–Kier alpha value is -2.59. The molecule has 0 aromatic heterocycles. The van der Waals surface area contributed by atoms with E-state index in [4.69, 9.17) is 9.47 Å². The molecule has 0 spiro atoms. The fourth-order valence-corrected chi connectivity index (χ4v) is 3.35. The summed E-state index contributed by atoms with van der Waals surface area (Å²) in [5.74, 6) is -0.432. The number of benzene rings is 2. The molecule has 0 aliphatic carbocycles. The first-order valence-electron chi connectivity index (χ1n) is 10.4. The Morgan fingerprint density at radius 1 is 0.931 bits per heavy atom. The highest BCUT2D eigenvalue weighted by atomic mass is 16.6. The maximum absolute atomic E-state index is 13.0. The second-order valence-electron chi connectivity index (χ2n) is 7.09. The molecule has 0 bridgehead atoms. The van der Waals surface area contributed by atoms with Gasteiger partial charge in [-0.05, 0) is 36.5 Å². The summed E-state index contributed by atoms with van der Waals surface area (Å²) in [6.07, 6.45) is 2.85. The molecule has 0 amide bonds. The molecule has 2 rings (SSSR count). The van der Waals surface area contributed by atoms with Crippen LogP contribution in [0.25, 0.3) is 6.08 Å². The first kappa shape index (κ1) is 22.7. The SMILES string of the molecule is CCC([C@@H](O)CC)[C@@H](CC)OC(=O)C(=Cc1ccccc1)OCc1ccccc1. The third-order valence-corrected chi connectivity index (χ3v) is 5.06. The van der Waals surface area contributed by atoms with Crippen molar-refractivity contribution in [2.75, 3.05) is 0 Å². The zero-order chi connectivity index (χ0) is 21.1. The van der Waals surface area contributed by atoms with Crippen molar-refractivity contribution in [1.82, 2.24) is 0 Å². The number of aliphatic hydroxyl groups excluding tert-OH is 1. The van der Waals surface area contributed by atoms with Crippen LogP contribution in [-0.4, -0.2) is 23.3 Å². The van der Waals surface area contributed by atoms with Crippen molar-refractivity contribution in [3.8, 4) is 0 Å². The fraction of sp³-hybridized carbons (Fsp3) is 0.400. The van der Waals surface area contributed by atoms with Gasteiger partial charge in [0.25, 0.3) is 0 Å². The quantitative estimate of drug-likeness (QED) is 0.315. The molecule has 1 unspecified atom stereocenters. The largest absolute Gasteiger partial charge is 0.482 e. The van der Waals surface area contributed by atoms with Crippen molar-refractivity contribution in [2.24, 2.45) is 5.92 Å². The third-order valence-electron chi connectivity index (χ3n) is 5.06. The lowest BCUT2D eigenvalue weighted by Gasteiger charge is -2.29. The minimum absolute atomic E-state index is 0.0963. The summed E-state index contributed by atoms with van der Waals surface area (Å²) >= 11 is 0. The summed E-state index contributed by atoms with van der Waals surface area (Å²) in [7, 11) is 0. The highest BCUT2D eigenvalue weighted by Crippen LogP contribution is 2.23. The minimum atomic E-state index is -0.501. The molecule has 0 aliphatic heterocycles. The Balaban J connectivity index is 2.19. The number of ether oxygens (including phenoxy) is 2. The molecule has 0 saturated carbocycles. The van der Waals surface area contributed by atoms with Crippen molar-refractivity contribution in [2.45, 2.75) is 58.8 Å². The summed E-state index contributed by atoms with van der Waals surface area (Å²) in [6.45, 7) is 6.19. The van der Waals surface area contributed by atoms with Crippen LogP contribution in [0.3, 0.4) is 0 Å². The Bertz CT molecular complexity index is 755. The van der Waals surface area contributed by atoms with Gasteiger partial charge in [-0.15, -0.1) is 0 Å². The summed E-state index contributed by atoms with van der Waals surface area (Å²) in [4.78, 5) is 13.0. The highest BCUT2D eigenvalue weighted by Gasteiger charge is 2.29. The van der Waals surface area contributed by atoms with Crippen molar-refractivity contribution in [3.05, 3.63) is 77.5 Å². The maximum atomic E-state index is 13.0. The number of aliphatic hydroxyl groups is 1. The van der Waals surface area contributed by atoms with Gasteiger partial charge in [-0.25, -0.2) is 4.79 Å². The van der Waals surface area contributed by atoms with E-state index in [1.807, 2.05) is 81.4 Å². The average Bonchev–Trinajstić information content (AvgIpc) is 2.77. The highest BCUT2D eigenvalue weighted by molar-refractivity contribution is 5.91. The van der Waals surface area contributed by atoms with Crippen LogP contribution in [0, 0.1) is 5.92 Å². The number of esters is 1. The monoisotopic (exact) mass is 396 g/mol. The third kappa shape index (κ3) is 7.06. The van der Waals surface area contributed by atoms with Gasteiger partial charge in [0.2, 0.25) is 5.76 Å². The Morgan fingerprint density at radius 3 is 2.10 bits per heavy atom. The van der Waals surface area contributed by atoms with Gasteiger partial charge in [0.05, 0.1) is 6.10 Å². The van der Waals surface area contributed by atoms with Crippen molar-refractivity contribution in [1.29, 1.82) is 0 Å². The lowest BCUT2D eigenvalue weighted by Crippen LogP contribution is -2.34. The molecule has 4 heteroatoms. The van der Waals surface area contributed by atoms with Gasteiger partial charge in [0, 0.05) is 5.92 Å². The number of carbonyl (C=O) groups is 1. The van der Waals surface area contributed by atoms with E-state index in [1.165, 1.54) is 0 Å². The van der Waals surface area contributed by atoms with Crippen LogP contribution in [0.2, 0.25) is 0 Å². The topological polar surface area (TPSA) is 55.8 Å². The predicted molar refractivity (Wildman–Crippen MR) is 116 cm³/mol. The van der Waals surface area contributed by atoms with E-state index in [9.17, 15) is 9.90 Å².